The van der Waals surface area contributed by atoms with E-state index in [-0.39, 0.29) is 34.3 Å². The van der Waals surface area contributed by atoms with E-state index in [0.717, 1.165) is 23.0 Å². The zero-order valence-electron chi connectivity index (χ0n) is 15.9. The number of aromatic nitrogens is 5. The van der Waals surface area contributed by atoms with E-state index in [9.17, 15) is 26.7 Å². The van der Waals surface area contributed by atoms with Crippen LogP contribution in [0.5, 0.6) is 0 Å². The highest BCUT2D eigenvalue weighted by atomic mass is 35.5. The molecule has 0 saturated carbocycles. The van der Waals surface area contributed by atoms with E-state index in [4.69, 9.17) is 16.7 Å². The van der Waals surface area contributed by atoms with E-state index >= 15 is 0 Å². The maximum Gasteiger partial charge on any atom is 0.416 e. The highest BCUT2D eigenvalue weighted by molar-refractivity contribution is 7.89. The van der Waals surface area contributed by atoms with Gasteiger partial charge in [0, 0.05) is 5.02 Å². The molecule has 0 aliphatic heterocycles. The fraction of sp³-hybridized carbons (Fsp3) is 0.294. The molecule has 166 valence electrons. The number of hydrogen-bond acceptors (Lipinski definition) is 7. The first-order valence-corrected chi connectivity index (χ1v) is 10.7. The third-order valence-corrected chi connectivity index (χ3v) is 5.48. The standard InChI is InChI=1S/C17H16ClF3N6O3S/c1-16(28,9-31(22,29)30)14-4-2-3-13(23-14)15-24-26-27(25-15)8-10-7-11(17(19,20)21)5-6-12(10)18/h2-7,28H,8-9H2,1H3,(H2,22,29,30). The summed E-state index contributed by atoms with van der Waals surface area (Å²) in [6, 6.07) is 7.30. The lowest BCUT2D eigenvalue weighted by Crippen LogP contribution is -2.35. The Kier molecular flexibility index (Phi) is 6.06. The Labute approximate surface area is 179 Å². The quantitative estimate of drug-likeness (QED) is 0.554. The van der Waals surface area contributed by atoms with Crippen molar-refractivity contribution in [2.75, 3.05) is 5.75 Å². The van der Waals surface area contributed by atoms with Crippen LogP contribution < -0.4 is 5.14 Å². The van der Waals surface area contributed by atoms with Crippen LogP contribution >= 0.6 is 11.6 Å². The van der Waals surface area contributed by atoms with Gasteiger partial charge in [-0.1, -0.05) is 17.7 Å². The van der Waals surface area contributed by atoms with Gasteiger partial charge in [-0.15, -0.1) is 10.2 Å². The Morgan fingerprint density at radius 3 is 2.58 bits per heavy atom. The van der Waals surface area contributed by atoms with Crippen LogP contribution in [-0.2, 0) is 28.3 Å². The summed E-state index contributed by atoms with van der Waals surface area (Å²) in [5.74, 6) is -0.749. The fourth-order valence-corrected chi connectivity index (χ4v) is 3.87. The second-order valence-corrected chi connectivity index (χ2v) is 8.96. The molecule has 1 atom stereocenters. The number of sulfonamides is 1. The van der Waals surface area contributed by atoms with Crippen molar-refractivity contribution < 1.29 is 26.7 Å². The average molecular weight is 477 g/mol. The van der Waals surface area contributed by atoms with Crippen molar-refractivity contribution in [3.8, 4) is 11.5 Å². The maximum absolute atomic E-state index is 12.9. The van der Waals surface area contributed by atoms with E-state index < -0.39 is 33.1 Å². The molecular formula is C17H16ClF3N6O3S. The minimum absolute atomic E-state index is 0.0105. The van der Waals surface area contributed by atoms with Crippen molar-refractivity contribution in [2.45, 2.75) is 25.2 Å². The van der Waals surface area contributed by atoms with Gasteiger partial charge in [0.1, 0.15) is 11.3 Å². The van der Waals surface area contributed by atoms with Gasteiger partial charge in [-0.05, 0) is 48.0 Å². The van der Waals surface area contributed by atoms with Crippen molar-refractivity contribution in [3.63, 3.8) is 0 Å². The van der Waals surface area contributed by atoms with Crippen LogP contribution in [0.1, 0.15) is 23.7 Å². The first-order chi connectivity index (χ1) is 14.2. The Morgan fingerprint density at radius 2 is 1.94 bits per heavy atom. The molecule has 9 nitrogen and oxygen atoms in total. The largest absolute Gasteiger partial charge is 0.416 e. The zero-order chi connectivity index (χ0) is 23.0. The number of aliphatic hydroxyl groups is 1. The van der Waals surface area contributed by atoms with Crippen LogP contribution in [0, 0.1) is 0 Å². The molecule has 0 saturated heterocycles. The highest BCUT2D eigenvalue weighted by Gasteiger charge is 2.32. The van der Waals surface area contributed by atoms with Crippen LogP contribution in [0.4, 0.5) is 13.2 Å². The predicted octanol–water partition coefficient (Wildman–Crippen LogP) is 1.95. The lowest BCUT2D eigenvalue weighted by atomic mass is 10.0. The average Bonchev–Trinajstić information content (AvgIpc) is 3.09. The van der Waals surface area contributed by atoms with Gasteiger partial charge in [0.25, 0.3) is 0 Å². The van der Waals surface area contributed by atoms with Crippen LogP contribution in [-0.4, -0.2) is 44.5 Å². The summed E-state index contributed by atoms with van der Waals surface area (Å²) >= 11 is 5.99. The van der Waals surface area contributed by atoms with E-state index in [2.05, 4.69) is 20.4 Å². The Balaban J connectivity index is 1.87. The minimum Gasteiger partial charge on any atom is -0.383 e. The number of nitrogens with two attached hydrogens (primary N) is 1. The molecule has 3 rings (SSSR count). The molecule has 0 radical (unpaired) electrons. The second kappa shape index (κ2) is 8.15. The van der Waals surface area contributed by atoms with Crippen molar-refractivity contribution in [3.05, 3.63) is 58.2 Å². The van der Waals surface area contributed by atoms with E-state index in [1.54, 1.807) is 0 Å². The predicted molar refractivity (Wildman–Crippen MR) is 104 cm³/mol. The molecule has 0 aliphatic rings. The summed E-state index contributed by atoms with van der Waals surface area (Å²) in [6.45, 7) is 1.06. The van der Waals surface area contributed by atoms with Gasteiger partial charge in [-0.3, -0.25) is 0 Å². The third kappa shape index (κ3) is 5.76. The summed E-state index contributed by atoms with van der Waals surface area (Å²) in [5, 5.41) is 27.2. The molecule has 14 heteroatoms. The van der Waals surface area contributed by atoms with Gasteiger partial charge in [0.05, 0.1) is 23.6 Å². The summed E-state index contributed by atoms with van der Waals surface area (Å²) < 4.78 is 61.5. The molecule has 0 bridgehead atoms. The number of alkyl halides is 3. The van der Waals surface area contributed by atoms with E-state index in [1.807, 2.05) is 0 Å². The Morgan fingerprint density at radius 1 is 1.23 bits per heavy atom. The molecule has 3 N–H and O–H groups in total. The molecule has 2 heterocycles. The van der Waals surface area contributed by atoms with Crippen molar-refractivity contribution >= 4 is 21.6 Å². The van der Waals surface area contributed by atoms with Gasteiger partial charge >= 0.3 is 6.18 Å². The Hall–Kier alpha value is -2.61. The van der Waals surface area contributed by atoms with Crippen LogP contribution in [0.25, 0.3) is 11.5 Å². The summed E-state index contributed by atoms with van der Waals surface area (Å²) in [4.78, 5) is 5.20. The molecule has 1 unspecified atom stereocenters. The lowest BCUT2D eigenvalue weighted by Gasteiger charge is -2.21. The van der Waals surface area contributed by atoms with Gasteiger partial charge in [-0.25, -0.2) is 18.5 Å². The highest BCUT2D eigenvalue weighted by Crippen LogP contribution is 2.32. The molecule has 2 aromatic heterocycles. The number of tetrazole rings is 1. The number of halogens is 4. The van der Waals surface area contributed by atoms with Crippen molar-refractivity contribution in [2.24, 2.45) is 5.14 Å². The number of rotatable bonds is 6. The molecule has 31 heavy (non-hydrogen) atoms. The maximum atomic E-state index is 12.9. The number of benzene rings is 1. The summed E-state index contributed by atoms with van der Waals surface area (Å²) in [5.41, 5.74) is -2.42. The van der Waals surface area contributed by atoms with E-state index in [1.165, 1.54) is 25.1 Å². The first kappa shape index (κ1) is 23.1. The third-order valence-electron chi connectivity index (χ3n) is 4.15. The molecule has 0 fully saturated rings. The van der Waals surface area contributed by atoms with Gasteiger partial charge in [-0.2, -0.15) is 18.0 Å². The normalized spacial score (nSPS) is 14.4. The molecule has 3 aromatic rings. The van der Waals surface area contributed by atoms with Crippen molar-refractivity contribution in [1.82, 2.24) is 25.2 Å². The molecule has 0 aliphatic carbocycles. The SMILES string of the molecule is CC(O)(CS(N)(=O)=O)c1cccc(-c2nnn(Cc3cc(C(F)(F)F)ccc3Cl)n2)n1. The fourth-order valence-electron chi connectivity index (χ4n) is 2.76. The van der Waals surface area contributed by atoms with E-state index in [0.29, 0.717) is 0 Å². The molecular weight excluding hydrogens is 461 g/mol. The smallest absolute Gasteiger partial charge is 0.383 e. The monoisotopic (exact) mass is 476 g/mol. The van der Waals surface area contributed by atoms with Crippen molar-refractivity contribution in [1.29, 1.82) is 0 Å². The molecule has 0 amide bonds. The zero-order valence-corrected chi connectivity index (χ0v) is 17.4. The van der Waals surface area contributed by atoms with Gasteiger partial charge in [0.15, 0.2) is 0 Å². The Bertz CT molecular complexity index is 1210. The summed E-state index contributed by atoms with van der Waals surface area (Å²) in [7, 11) is -3.99. The van der Waals surface area contributed by atoms with Gasteiger partial charge < -0.3 is 5.11 Å². The number of pyridine rings is 1. The van der Waals surface area contributed by atoms with Gasteiger partial charge in [0.2, 0.25) is 15.8 Å². The number of nitrogens with zero attached hydrogens (tertiary/aromatic N) is 5. The van der Waals surface area contributed by atoms with Crippen LogP contribution in [0.2, 0.25) is 5.02 Å². The topological polar surface area (TPSA) is 137 Å². The second-order valence-electron chi connectivity index (χ2n) is 6.94. The number of hydrogen-bond donors (Lipinski definition) is 2. The lowest BCUT2D eigenvalue weighted by molar-refractivity contribution is -0.137. The van der Waals surface area contributed by atoms with Crippen LogP contribution in [0.15, 0.2) is 36.4 Å². The summed E-state index contributed by atoms with van der Waals surface area (Å²) in [6.07, 6.45) is -4.53. The minimum atomic E-state index is -4.53. The molecule has 0 spiro atoms. The first-order valence-electron chi connectivity index (χ1n) is 8.59. The van der Waals surface area contributed by atoms with Crippen LogP contribution in [0.3, 0.4) is 0 Å². The number of primary sulfonamides is 1. The molecule has 1 aromatic carbocycles.